The lowest BCUT2D eigenvalue weighted by Gasteiger charge is -2.16. The van der Waals surface area contributed by atoms with E-state index >= 15 is 0 Å². The zero-order valence-corrected chi connectivity index (χ0v) is 17.4. The van der Waals surface area contributed by atoms with E-state index in [1.165, 1.54) is 5.56 Å². The van der Waals surface area contributed by atoms with Crippen LogP contribution in [0.15, 0.2) is 66.9 Å². The van der Waals surface area contributed by atoms with Crippen LogP contribution in [0, 0.1) is 5.92 Å². The Hall–Kier alpha value is -4.00. The van der Waals surface area contributed by atoms with Gasteiger partial charge in [-0.2, -0.15) is 0 Å². The van der Waals surface area contributed by atoms with Gasteiger partial charge in [0.1, 0.15) is 5.82 Å². The molecule has 0 aliphatic carbocycles. The molecule has 0 saturated carbocycles. The number of carbonyl (C=O) groups is 3. The first-order valence-electron chi connectivity index (χ1n) is 10.6. The number of pyridine rings is 1. The average Bonchev–Trinajstić information content (AvgIpc) is 3.38. The highest BCUT2D eigenvalue weighted by atomic mass is 16.2. The second-order valence-corrected chi connectivity index (χ2v) is 8.16. The SMILES string of the molecule is O=C1C[C@@H](Cc2ccc(C(=O)Nc3cccc4c3CN(c3ccccn3)C4)cc2)C(=O)N1. The molecular weight excluding hydrogens is 404 g/mol. The number of aromatic nitrogens is 1. The van der Waals surface area contributed by atoms with Crippen molar-refractivity contribution >= 4 is 29.2 Å². The molecule has 0 radical (unpaired) electrons. The predicted molar refractivity (Wildman–Crippen MR) is 120 cm³/mol. The van der Waals surface area contributed by atoms with Gasteiger partial charge in [-0.1, -0.05) is 30.3 Å². The Balaban J connectivity index is 1.27. The van der Waals surface area contributed by atoms with Gasteiger partial charge in [-0.05, 0) is 53.4 Å². The third-order valence-electron chi connectivity index (χ3n) is 5.97. The van der Waals surface area contributed by atoms with E-state index < -0.39 is 0 Å². The summed E-state index contributed by atoms with van der Waals surface area (Å²) in [4.78, 5) is 42.6. The Morgan fingerprint density at radius 3 is 2.59 bits per heavy atom. The molecule has 2 aliphatic rings. The molecule has 1 atom stereocenters. The third-order valence-corrected chi connectivity index (χ3v) is 5.97. The van der Waals surface area contributed by atoms with Crippen molar-refractivity contribution < 1.29 is 14.4 Å². The molecule has 1 saturated heterocycles. The fourth-order valence-electron chi connectivity index (χ4n) is 4.28. The van der Waals surface area contributed by atoms with Crippen molar-refractivity contribution in [2.45, 2.75) is 25.9 Å². The second-order valence-electron chi connectivity index (χ2n) is 8.16. The molecule has 0 spiro atoms. The molecule has 3 aromatic rings. The summed E-state index contributed by atoms with van der Waals surface area (Å²) in [6, 6.07) is 19.0. The monoisotopic (exact) mass is 426 g/mol. The number of anilines is 2. The Morgan fingerprint density at radius 1 is 1.03 bits per heavy atom. The van der Waals surface area contributed by atoms with Crippen molar-refractivity contribution in [1.29, 1.82) is 0 Å². The molecule has 5 rings (SSSR count). The maximum absolute atomic E-state index is 12.9. The van der Waals surface area contributed by atoms with Crippen molar-refractivity contribution in [2.75, 3.05) is 10.2 Å². The number of hydrogen-bond donors (Lipinski definition) is 2. The van der Waals surface area contributed by atoms with Crippen LogP contribution in [-0.2, 0) is 29.1 Å². The lowest BCUT2D eigenvalue weighted by atomic mass is 9.97. The van der Waals surface area contributed by atoms with Crippen LogP contribution in [0.25, 0.3) is 0 Å². The molecule has 1 aromatic heterocycles. The molecule has 2 aromatic carbocycles. The first-order valence-corrected chi connectivity index (χ1v) is 10.6. The number of carbonyl (C=O) groups excluding carboxylic acids is 3. The molecule has 1 fully saturated rings. The Bertz CT molecular complexity index is 1190. The summed E-state index contributed by atoms with van der Waals surface area (Å²) >= 11 is 0. The van der Waals surface area contributed by atoms with Gasteiger partial charge in [-0.25, -0.2) is 4.98 Å². The Labute approximate surface area is 185 Å². The summed E-state index contributed by atoms with van der Waals surface area (Å²) in [7, 11) is 0. The Morgan fingerprint density at radius 2 is 1.88 bits per heavy atom. The number of hydrogen-bond acceptors (Lipinski definition) is 5. The van der Waals surface area contributed by atoms with Gasteiger partial charge in [0.2, 0.25) is 11.8 Å². The normalized spacial score (nSPS) is 17.2. The standard InChI is InChI=1S/C25H22N4O3/c30-23-13-19(25(32)28-23)12-16-7-9-17(10-8-16)24(31)27-21-5-3-4-18-14-29(15-20(18)21)22-6-1-2-11-26-22/h1-11,19H,12-15H2,(H,27,31)(H,28,30,32)/t19-/m1/s1. The smallest absolute Gasteiger partial charge is 0.255 e. The van der Waals surface area contributed by atoms with E-state index in [9.17, 15) is 14.4 Å². The fraction of sp³-hybridized carbons (Fsp3) is 0.200. The van der Waals surface area contributed by atoms with Crippen molar-refractivity contribution in [3.8, 4) is 0 Å². The average molecular weight is 426 g/mol. The molecule has 2 aliphatic heterocycles. The highest BCUT2D eigenvalue weighted by molar-refractivity contribution is 6.05. The number of imide groups is 1. The summed E-state index contributed by atoms with van der Waals surface area (Å²) in [6.07, 6.45) is 2.48. The number of benzene rings is 2. The summed E-state index contributed by atoms with van der Waals surface area (Å²) in [5, 5.41) is 5.37. The quantitative estimate of drug-likeness (QED) is 0.612. The van der Waals surface area contributed by atoms with Crippen LogP contribution >= 0.6 is 0 Å². The molecular formula is C25H22N4O3. The van der Waals surface area contributed by atoms with Crippen LogP contribution in [-0.4, -0.2) is 22.7 Å². The highest BCUT2D eigenvalue weighted by Crippen LogP contribution is 2.32. The molecule has 3 heterocycles. The van der Waals surface area contributed by atoms with Gasteiger partial charge in [0, 0.05) is 37.0 Å². The van der Waals surface area contributed by atoms with Gasteiger partial charge in [0.15, 0.2) is 0 Å². The summed E-state index contributed by atoms with van der Waals surface area (Å²) < 4.78 is 0. The third kappa shape index (κ3) is 3.97. The number of rotatable bonds is 5. The van der Waals surface area contributed by atoms with Gasteiger partial charge in [-0.3, -0.25) is 19.7 Å². The molecule has 7 nitrogen and oxygen atoms in total. The molecule has 0 unspecified atom stereocenters. The van der Waals surface area contributed by atoms with E-state index in [0.29, 0.717) is 18.5 Å². The van der Waals surface area contributed by atoms with Crippen molar-refractivity contribution in [1.82, 2.24) is 10.3 Å². The minimum Gasteiger partial charge on any atom is -0.348 e. The number of nitrogens with zero attached hydrogens (tertiary/aromatic N) is 2. The Kier molecular flexibility index (Phi) is 5.15. The summed E-state index contributed by atoms with van der Waals surface area (Å²) in [6.45, 7) is 1.44. The van der Waals surface area contributed by atoms with Crippen molar-refractivity contribution in [2.24, 2.45) is 5.92 Å². The van der Waals surface area contributed by atoms with Gasteiger partial charge < -0.3 is 10.2 Å². The molecule has 32 heavy (non-hydrogen) atoms. The van der Waals surface area contributed by atoms with Crippen molar-refractivity contribution in [3.63, 3.8) is 0 Å². The van der Waals surface area contributed by atoms with Crippen LogP contribution < -0.4 is 15.5 Å². The highest BCUT2D eigenvalue weighted by Gasteiger charge is 2.30. The largest absolute Gasteiger partial charge is 0.348 e. The maximum Gasteiger partial charge on any atom is 0.255 e. The van der Waals surface area contributed by atoms with E-state index in [4.69, 9.17) is 0 Å². The predicted octanol–water partition coefficient (Wildman–Crippen LogP) is 3.06. The maximum atomic E-state index is 12.9. The zero-order valence-electron chi connectivity index (χ0n) is 17.4. The van der Waals surface area contributed by atoms with Crippen molar-refractivity contribution in [3.05, 3.63) is 89.1 Å². The first kappa shape index (κ1) is 19.9. The summed E-state index contributed by atoms with van der Waals surface area (Å²) in [5.41, 5.74) is 4.53. The van der Waals surface area contributed by atoms with E-state index in [-0.39, 0.29) is 30.1 Å². The van der Waals surface area contributed by atoms with E-state index in [0.717, 1.165) is 29.2 Å². The molecule has 3 amide bonds. The van der Waals surface area contributed by atoms with E-state index in [2.05, 4.69) is 26.6 Å². The molecule has 2 N–H and O–H groups in total. The summed E-state index contributed by atoms with van der Waals surface area (Å²) in [5.74, 6) is -0.0668. The fourth-order valence-corrected chi connectivity index (χ4v) is 4.28. The lowest BCUT2D eigenvalue weighted by Crippen LogP contribution is -2.22. The van der Waals surface area contributed by atoms with Crippen LogP contribution in [0.1, 0.15) is 33.5 Å². The van der Waals surface area contributed by atoms with Gasteiger partial charge in [0.25, 0.3) is 5.91 Å². The molecule has 160 valence electrons. The lowest BCUT2D eigenvalue weighted by molar-refractivity contribution is -0.125. The number of amides is 3. The molecule has 7 heteroatoms. The first-order chi connectivity index (χ1) is 15.6. The van der Waals surface area contributed by atoms with E-state index in [1.54, 1.807) is 18.3 Å². The van der Waals surface area contributed by atoms with Crippen LogP contribution in [0.4, 0.5) is 11.5 Å². The second kappa shape index (κ2) is 8.26. The van der Waals surface area contributed by atoms with Gasteiger partial charge in [-0.15, -0.1) is 0 Å². The molecule has 0 bridgehead atoms. The minimum atomic E-state index is -0.337. The minimum absolute atomic E-state index is 0.185. The zero-order chi connectivity index (χ0) is 22.1. The van der Waals surface area contributed by atoms with Gasteiger partial charge >= 0.3 is 0 Å². The van der Waals surface area contributed by atoms with Crippen LogP contribution in [0.2, 0.25) is 0 Å². The van der Waals surface area contributed by atoms with Crippen LogP contribution in [0.5, 0.6) is 0 Å². The van der Waals surface area contributed by atoms with Crippen LogP contribution in [0.3, 0.4) is 0 Å². The number of nitrogens with one attached hydrogen (secondary N) is 2. The number of fused-ring (bicyclic) bond motifs is 1. The van der Waals surface area contributed by atoms with E-state index in [1.807, 2.05) is 42.5 Å². The topological polar surface area (TPSA) is 91.4 Å². The van der Waals surface area contributed by atoms with Gasteiger partial charge in [0.05, 0.1) is 5.92 Å².